The quantitative estimate of drug-likeness (QED) is 0.285. The standard InChI is InChI=1S/C22H19ClN4OS/c1-2-28-21-12-9-17-5-3-4-6-19(17)20(21)13-25-27-15-24-26-22(27)29-14-16-7-10-18(23)11-8-16/h3-13,15H,2,14H2,1H3/b25-13+. The summed E-state index contributed by atoms with van der Waals surface area (Å²) in [5.74, 6) is 1.56. The van der Waals surface area contributed by atoms with Gasteiger partial charge in [0, 0.05) is 16.3 Å². The molecule has 3 aromatic carbocycles. The van der Waals surface area contributed by atoms with Crippen LogP contribution < -0.4 is 4.74 Å². The van der Waals surface area contributed by atoms with E-state index in [-0.39, 0.29) is 0 Å². The molecule has 5 nitrogen and oxygen atoms in total. The summed E-state index contributed by atoms with van der Waals surface area (Å²) < 4.78 is 7.49. The largest absolute Gasteiger partial charge is 0.493 e. The highest BCUT2D eigenvalue weighted by molar-refractivity contribution is 7.98. The SMILES string of the molecule is CCOc1ccc2ccccc2c1/C=N/n1cnnc1SCc1ccc(Cl)cc1. The van der Waals surface area contributed by atoms with Gasteiger partial charge in [-0.1, -0.05) is 65.8 Å². The number of rotatable bonds is 7. The summed E-state index contributed by atoms with van der Waals surface area (Å²) in [6, 6.07) is 20.0. The Kier molecular flexibility index (Phi) is 6.12. The molecule has 0 radical (unpaired) electrons. The zero-order valence-corrected chi connectivity index (χ0v) is 17.4. The summed E-state index contributed by atoms with van der Waals surface area (Å²) in [5.41, 5.74) is 2.10. The van der Waals surface area contributed by atoms with E-state index in [0.29, 0.717) is 6.61 Å². The van der Waals surface area contributed by atoms with Crippen molar-refractivity contribution in [2.45, 2.75) is 17.8 Å². The summed E-state index contributed by atoms with van der Waals surface area (Å²) in [7, 11) is 0. The zero-order valence-electron chi connectivity index (χ0n) is 15.8. The molecule has 0 aliphatic rings. The Morgan fingerprint density at radius 2 is 1.93 bits per heavy atom. The van der Waals surface area contributed by atoms with E-state index in [4.69, 9.17) is 16.3 Å². The van der Waals surface area contributed by atoms with Crippen LogP contribution in [0.15, 0.2) is 77.2 Å². The maximum Gasteiger partial charge on any atom is 0.212 e. The van der Waals surface area contributed by atoms with Crippen LogP contribution >= 0.6 is 23.4 Å². The molecule has 0 atom stereocenters. The minimum Gasteiger partial charge on any atom is -0.493 e. The fourth-order valence-corrected chi connectivity index (χ4v) is 3.88. The molecule has 0 fully saturated rings. The van der Waals surface area contributed by atoms with Crippen LogP contribution in [0.5, 0.6) is 5.75 Å². The first-order valence-corrected chi connectivity index (χ1v) is 10.6. The molecular weight excluding hydrogens is 404 g/mol. The van der Waals surface area contributed by atoms with Crippen LogP contribution in [0.25, 0.3) is 10.8 Å². The Hall–Kier alpha value is -2.83. The van der Waals surface area contributed by atoms with Crippen LogP contribution in [0, 0.1) is 0 Å². The van der Waals surface area contributed by atoms with Crippen LogP contribution in [0.3, 0.4) is 0 Å². The molecule has 0 saturated heterocycles. The third kappa shape index (κ3) is 4.60. The van der Waals surface area contributed by atoms with Crippen LogP contribution in [-0.4, -0.2) is 27.7 Å². The molecule has 0 bridgehead atoms. The lowest BCUT2D eigenvalue weighted by molar-refractivity contribution is 0.340. The highest BCUT2D eigenvalue weighted by Crippen LogP contribution is 2.27. The Balaban J connectivity index is 1.59. The molecule has 1 aromatic heterocycles. The fourth-order valence-electron chi connectivity index (χ4n) is 2.93. The van der Waals surface area contributed by atoms with Crippen molar-refractivity contribution in [3.63, 3.8) is 0 Å². The van der Waals surface area contributed by atoms with Crippen molar-refractivity contribution in [1.29, 1.82) is 0 Å². The molecular formula is C22H19ClN4OS. The molecule has 146 valence electrons. The maximum absolute atomic E-state index is 5.95. The summed E-state index contributed by atoms with van der Waals surface area (Å²) >= 11 is 7.52. The molecule has 0 N–H and O–H groups in total. The lowest BCUT2D eigenvalue weighted by atomic mass is 10.0. The van der Waals surface area contributed by atoms with Gasteiger partial charge >= 0.3 is 0 Å². The molecule has 0 aliphatic heterocycles. The molecule has 0 spiro atoms. The van der Waals surface area contributed by atoms with Crippen LogP contribution in [-0.2, 0) is 5.75 Å². The minimum atomic E-state index is 0.591. The molecule has 0 saturated carbocycles. The highest BCUT2D eigenvalue weighted by Gasteiger charge is 2.08. The first-order valence-electron chi connectivity index (χ1n) is 9.21. The number of ether oxygens (including phenoxy) is 1. The van der Waals surface area contributed by atoms with Crippen molar-refractivity contribution in [3.05, 3.63) is 83.1 Å². The van der Waals surface area contributed by atoms with Crippen molar-refractivity contribution in [2.75, 3.05) is 6.61 Å². The number of benzene rings is 3. The lowest BCUT2D eigenvalue weighted by Crippen LogP contribution is -1.99. The second-order valence-corrected chi connectivity index (χ2v) is 7.63. The number of hydrogen-bond donors (Lipinski definition) is 0. The van der Waals surface area contributed by atoms with Gasteiger partial charge in [0.1, 0.15) is 12.1 Å². The van der Waals surface area contributed by atoms with Gasteiger partial charge in [0.2, 0.25) is 5.16 Å². The third-order valence-corrected chi connectivity index (χ3v) is 5.58. The van der Waals surface area contributed by atoms with Crippen LogP contribution in [0.4, 0.5) is 0 Å². The summed E-state index contributed by atoms with van der Waals surface area (Å²) in [5, 5.41) is 16.5. The number of halogens is 1. The minimum absolute atomic E-state index is 0.591. The van der Waals surface area contributed by atoms with E-state index < -0.39 is 0 Å². The van der Waals surface area contributed by atoms with Crippen molar-refractivity contribution < 1.29 is 4.74 Å². The molecule has 0 amide bonds. The van der Waals surface area contributed by atoms with E-state index in [1.807, 2.05) is 55.6 Å². The van der Waals surface area contributed by atoms with E-state index in [9.17, 15) is 0 Å². The Morgan fingerprint density at radius 3 is 2.76 bits per heavy atom. The van der Waals surface area contributed by atoms with Gasteiger partial charge in [-0.15, -0.1) is 10.2 Å². The number of hydrogen-bond acceptors (Lipinski definition) is 5. The Morgan fingerprint density at radius 1 is 1.10 bits per heavy atom. The summed E-state index contributed by atoms with van der Waals surface area (Å²) in [6.07, 6.45) is 3.41. The van der Waals surface area contributed by atoms with E-state index in [0.717, 1.165) is 43.6 Å². The summed E-state index contributed by atoms with van der Waals surface area (Å²) in [6.45, 7) is 2.56. The molecule has 0 aliphatic carbocycles. The van der Waals surface area contributed by atoms with E-state index in [1.54, 1.807) is 22.8 Å². The van der Waals surface area contributed by atoms with E-state index >= 15 is 0 Å². The summed E-state index contributed by atoms with van der Waals surface area (Å²) in [4.78, 5) is 0. The predicted octanol–water partition coefficient (Wildman–Crippen LogP) is 5.66. The second kappa shape index (κ2) is 9.11. The van der Waals surface area contributed by atoms with E-state index in [1.165, 1.54) is 0 Å². The molecule has 29 heavy (non-hydrogen) atoms. The maximum atomic E-state index is 5.95. The van der Waals surface area contributed by atoms with Gasteiger partial charge in [-0.05, 0) is 41.5 Å². The Labute approximate surface area is 178 Å². The topological polar surface area (TPSA) is 52.3 Å². The zero-order chi connectivity index (χ0) is 20.1. The van der Waals surface area contributed by atoms with Gasteiger partial charge in [-0.25, -0.2) is 0 Å². The molecule has 4 aromatic rings. The van der Waals surface area contributed by atoms with Gasteiger partial charge in [0.05, 0.1) is 12.8 Å². The molecule has 1 heterocycles. The van der Waals surface area contributed by atoms with E-state index in [2.05, 4.69) is 33.5 Å². The first kappa shape index (κ1) is 19.5. The average molecular weight is 423 g/mol. The number of aromatic nitrogens is 3. The molecule has 4 rings (SSSR count). The van der Waals surface area contributed by atoms with Crippen molar-refractivity contribution in [1.82, 2.24) is 14.9 Å². The first-order chi connectivity index (χ1) is 14.2. The van der Waals surface area contributed by atoms with Gasteiger partial charge in [-0.3, -0.25) is 0 Å². The normalized spacial score (nSPS) is 11.4. The number of thioether (sulfide) groups is 1. The van der Waals surface area contributed by atoms with Crippen LogP contribution in [0.2, 0.25) is 5.02 Å². The van der Waals surface area contributed by atoms with Gasteiger partial charge in [-0.2, -0.15) is 9.78 Å². The monoisotopic (exact) mass is 422 g/mol. The van der Waals surface area contributed by atoms with Crippen molar-refractivity contribution in [3.8, 4) is 5.75 Å². The van der Waals surface area contributed by atoms with Gasteiger partial charge < -0.3 is 4.74 Å². The van der Waals surface area contributed by atoms with Gasteiger partial charge in [0.25, 0.3) is 0 Å². The van der Waals surface area contributed by atoms with Gasteiger partial charge in [0.15, 0.2) is 0 Å². The molecule has 7 heteroatoms. The Bertz CT molecular complexity index is 1140. The second-order valence-electron chi connectivity index (χ2n) is 6.25. The van der Waals surface area contributed by atoms with Crippen molar-refractivity contribution >= 4 is 40.3 Å². The molecule has 0 unspecified atom stereocenters. The third-order valence-electron chi connectivity index (χ3n) is 4.32. The lowest BCUT2D eigenvalue weighted by Gasteiger charge is -2.10. The number of nitrogens with zero attached hydrogens (tertiary/aromatic N) is 4. The average Bonchev–Trinajstić information content (AvgIpc) is 3.20. The smallest absolute Gasteiger partial charge is 0.212 e. The number of fused-ring (bicyclic) bond motifs is 1. The predicted molar refractivity (Wildman–Crippen MR) is 119 cm³/mol. The van der Waals surface area contributed by atoms with Crippen molar-refractivity contribution in [2.24, 2.45) is 5.10 Å². The highest BCUT2D eigenvalue weighted by atomic mass is 35.5. The fraction of sp³-hybridized carbons (Fsp3) is 0.136. The van der Waals surface area contributed by atoms with Crippen LogP contribution in [0.1, 0.15) is 18.1 Å².